The summed E-state index contributed by atoms with van der Waals surface area (Å²) in [5.41, 5.74) is 5.86. The second kappa shape index (κ2) is 7.45. The third kappa shape index (κ3) is 3.62. The van der Waals surface area contributed by atoms with Crippen LogP contribution < -0.4 is 20.8 Å². The number of rotatable bonds is 6. The van der Waals surface area contributed by atoms with Crippen LogP contribution in [-0.4, -0.2) is 29.1 Å². The van der Waals surface area contributed by atoms with Crippen molar-refractivity contribution in [2.24, 2.45) is 5.73 Å². The number of amides is 1. The summed E-state index contributed by atoms with van der Waals surface area (Å²) >= 11 is 6.34. The molecule has 0 saturated heterocycles. The molecule has 0 aliphatic rings. The Morgan fingerprint density at radius 1 is 1.23 bits per heavy atom. The zero-order chi connectivity index (χ0) is 18.7. The molecule has 0 spiro atoms. The first-order chi connectivity index (χ1) is 12.5. The molecule has 0 saturated carbocycles. The number of aromatic amines is 1. The molecule has 26 heavy (non-hydrogen) atoms. The van der Waals surface area contributed by atoms with E-state index in [0.717, 1.165) is 0 Å². The second-order valence-electron chi connectivity index (χ2n) is 5.40. The van der Waals surface area contributed by atoms with E-state index in [4.69, 9.17) is 26.8 Å². The standard InChI is InChI=1S/C18H16ClN3O4/c1-2-25-14-7-11(12(19)8-15(14)26-9-16(20)23)17-21-13-6-4-3-5-10(13)18(24)22-17/h3-8H,2,9H2,1H3,(H2,20,23)(H,21,22,24). The smallest absolute Gasteiger partial charge is 0.259 e. The summed E-state index contributed by atoms with van der Waals surface area (Å²) in [5, 5.41) is 0.769. The van der Waals surface area contributed by atoms with Crippen LogP contribution in [0, 0.1) is 0 Å². The van der Waals surface area contributed by atoms with E-state index in [1.807, 2.05) is 6.92 Å². The van der Waals surface area contributed by atoms with Crippen molar-refractivity contribution in [1.29, 1.82) is 0 Å². The number of primary amides is 1. The molecule has 3 rings (SSSR count). The molecule has 2 aromatic carbocycles. The van der Waals surface area contributed by atoms with Crippen LogP contribution in [0.4, 0.5) is 0 Å². The summed E-state index contributed by atoms with van der Waals surface area (Å²) in [6, 6.07) is 10.1. The number of ether oxygens (including phenoxy) is 2. The van der Waals surface area contributed by atoms with Gasteiger partial charge in [0.25, 0.3) is 11.5 Å². The highest BCUT2D eigenvalue weighted by atomic mass is 35.5. The topological polar surface area (TPSA) is 107 Å². The van der Waals surface area contributed by atoms with Gasteiger partial charge in [0, 0.05) is 11.6 Å². The maximum absolute atomic E-state index is 12.3. The molecular formula is C18H16ClN3O4. The predicted molar refractivity (Wildman–Crippen MR) is 98.7 cm³/mol. The lowest BCUT2D eigenvalue weighted by atomic mass is 10.1. The Morgan fingerprint density at radius 2 is 1.96 bits per heavy atom. The summed E-state index contributed by atoms with van der Waals surface area (Å²) in [6.07, 6.45) is 0. The third-order valence-corrected chi connectivity index (χ3v) is 3.88. The van der Waals surface area contributed by atoms with Crippen LogP contribution in [0.25, 0.3) is 22.3 Å². The van der Waals surface area contributed by atoms with Crippen molar-refractivity contribution in [2.75, 3.05) is 13.2 Å². The number of hydrogen-bond acceptors (Lipinski definition) is 5. The number of fused-ring (bicyclic) bond motifs is 1. The number of hydrogen-bond donors (Lipinski definition) is 2. The quantitative estimate of drug-likeness (QED) is 0.690. The number of nitrogens with zero attached hydrogens (tertiary/aromatic N) is 1. The summed E-state index contributed by atoms with van der Waals surface area (Å²) in [7, 11) is 0. The summed E-state index contributed by atoms with van der Waals surface area (Å²) in [5.74, 6) is 0.334. The zero-order valence-corrected chi connectivity index (χ0v) is 14.7. The van der Waals surface area contributed by atoms with Crippen LogP contribution in [0.3, 0.4) is 0 Å². The lowest BCUT2D eigenvalue weighted by molar-refractivity contribution is -0.119. The minimum atomic E-state index is -0.617. The number of para-hydroxylation sites is 1. The average molecular weight is 374 g/mol. The van der Waals surface area contributed by atoms with Crippen molar-refractivity contribution in [1.82, 2.24) is 9.97 Å². The number of benzene rings is 2. The molecule has 0 radical (unpaired) electrons. The van der Waals surface area contributed by atoms with E-state index >= 15 is 0 Å². The Kier molecular flexibility index (Phi) is 5.09. The molecule has 0 fully saturated rings. The van der Waals surface area contributed by atoms with Crippen molar-refractivity contribution < 1.29 is 14.3 Å². The molecule has 0 unspecified atom stereocenters. The average Bonchev–Trinajstić information content (AvgIpc) is 2.61. The molecule has 7 nitrogen and oxygen atoms in total. The Bertz CT molecular complexity index is 1030. The van der Waals surface area contributed by atoms with Crippen molar-refractivity contribution in [2.45, 2.75) is 6.92 Å². The number of nitrogens with two attached hydrogens (primary N) is 1. The van der Waals surface area contributed by atoms with Crippen LogP contribution >= 0.6 is 11.6 Å². The van der Waals surface area contributed by atoms with Crippen LogP contribution in [-0.2, 0) is 4.79 Å². The summed E-state index contributed by atoms with van der Waals surface area (Å²) in [6.45, 7) is 1.87. The molecule has 3 aromatic rings. The molecular weight excluding hydrogens is 358 g/mol. The van der Waals surface area contributed by atoms with E-state index in [1.165, 1.54) is 6.07 Å². The molecule has 1 amide bonds. The van der Waals surface area contributed by atoms with E-state index in [1.54, 1.807) is 30.3 Å². The van der Waals surface area contributed by atoms with Gasteiger partial charge in [-0.1, -0.05) is 23.7 Å². The van der Waals surface area contributed by atoms with E-state index in [-0.39, 0.29) is 22.9 Å². The molecule has 8 heteroatoms. The SMILES string of the molecule is CCOc1cc(-c2nc3ccccc3c(=O)[nH]2)c(Cl)cc1OCC(N)=O. The first-order valence-electron chi connectivity index (χ1n) is 7.86. The third-order valence-electron chi connectivity index (χ3n) is 3.57. The molecule has 134 valence electrons. The molecule has 0 atom stereocenters. The van der Waals surface area contributed by atoms with Crippen LogP contribution in [0.15, 0.2) is 41.2 Å². The number of H-pyrrole nitrogens is 1. The number of aromatic nitrogens is 2. The molecule has 0 bridgehead atoms. The van der Waals surface area contributed by atoms with Crippen LogP contribution in [0.5, 0.6) is 11.5 Å². The Morgan fingerprint density at radius 3 is 2.69 bits per heavy atom. The van der Waals surface area contributed by atoms with Gasteiger partial charge < -0.3 is 20.2 Å². The largest absolute Gasteiger partial charge is 0.490 e. The number of halogens is 1. The van der Waals surface area contributed by atoms with Gasteiger partial charge in [-0.15, -0.1) is 0 Å². The highest BCUT2D eigenvalue weighted by Crippen LogP contribution is 2.37. The van der Waals surface area contributed by atoms with Gasteiger partial charge in [0.2, 0.25) is 0 Å². The normalized spacial score (nSPS) is 10.7. The highest BCUT2D eigenvalue weighted by molar-refractivity contribution is 6.33. The number of carbonyl (C=O) groups is 1. The monoisotopic (exact) mass is 373 g/mol. The lowest BCUT2D eigenvalue weighted by Gasteiger charge is -2.14. The minimum Gasteiger partial charge on any atom is -0.490 e. The molecule has 0 aliphatic carbocycles. The zero-order valence-electron chi connectivity index (χ0n) is 13.9. The number of nitrogens with one attached hydrogen (secondary N) is 1. The fourth-order valence-electron chi connectivity index (χ4n) is 2.46. The molecule has 1 aromatic heterocycles. The van der Waals surface area contributed by atoms with E-state index < -0.39 is 5.91 Å². The maximum Gasteiger partial charge on any atom is 0.259 e. The van der Waals surface area contributed by atoms with Gasteiger partial charge in [-0.05, 0) is 25.1 Å². The summed E-state index contributed by atoms with van der Waals surface area (Å²) < 4.78 is 10.9. The Labute approximate surface area is 153 Å². The fraction of sp³-hybridized carbons (Fsp3) is 0.167. The first kappa shape index (κ1) is 17.8. The van der Waals surface area contributed by atoms with Crippen molar-refractivity contribution in [3.63, 3.8) is 0 Å². The van der Waals surface area contributed by atoms with Gasteiger partial charge in [-0.2, -0.15) is 0 Å². The van der Waals surface area contributed by atoms with Crippen molar-refractivity contribution in [3.05, 3.63) is 51.8 Å². The van der Waals surface area contributed by atoms with E-state index in [0.29, 0.717) is 34.6 Å². The van der Waals surface area contributed by atoms with E-state index in [2.05, 4.69) is 9.97 Å². The van der Waals surface area contributed by atoms with Crippen molar-refractivity contribution in [3.8, 4) is 22.9 Å². The predicted octanol–water partition coefficient (Wildman–Crippen LogP) is 2.51. The van der Waals surface area contributed by atoms with Gasteiger partial charge in [0.1, 0.15) is 5.82 Å². The first-order valence-corrected chi connectivity index (χ1v) is 8.24. The molecule has 3 N–H and O–H groups in total. The fourth-order valence-corrected chi connectivity index (χ4v) is 2.70. The van der Waals surface area contributed by atoms with Gasteiger partial charge >= 0.3 is 0 Å². The van der Waals surface area contributed by atoms with E-state index in [9.17, 15) is 9.59 Å². The second-order valence-corrected chi connectivity index (χ2v) is 5.81. The van der Waals surface area contributed by atoms with Crippen LogP contribution in [0.2, 0.25) is 5.02 Å². The van der Waals surface area contributed by atoms with Gasteiger partial charge in [0.05, 0.1) is 22.5 Å². The molecule has 1 heterocycles. The van der Waals surface area contributed by atoms with Crippen molar-refractivity contribution >= 4 is 28.4 Å². The lowest BCUT2D eigenvalue weighted by Crippen LogP contribution is -2.20. The Hall–Kier alpha value is -3.06. The Balaban J connectivity index is 2.11. The number of carbonyl (C=O) groups excluding carboxylic acids is 1. The minimum absolute atomic E-state index is 0.270. The molecule has 0 aliphatic heterocycles. The van der Waals surface area contributed by atoms with Gasteiger partial charge in [-0.25, -0.2) is 4.98 Å². The van der Waals surface area contributed by atoms with Gasteiger partial charge in [0.15, 0.2) is 18.1 Å². The van der Waals surface area contributed by atoms with Crippen LogP contribution in [0.1, 0.15) is 6.92 Å². The highest BCUT2D eigenvalue weighted by Gasteiger charge is 2.16. The summed E-state index contributed by atoms with van der Waals surface area (Å²) in [4.78, 5) is 30.4. The maximum atomic E-state index is 12.3. The van der Waals surface area contributed by atoms with Gasteiger partial charge in [-0.3, -0.25) is 9.59 Å².